The van der Waals surface area contributed by atoms with E-state index in [0.29, 0.717) is 0 Å². The van der Waals surface area contributed by atoms with E-state index < -0.39 is 8.07 Å². The third-order valence-electron chi connectivity index (χ3n) is 8.35. The van der Waals surface area contributed by atoms with E-state index in [-0.39, 0.29) is 10.8 Å². The highest BCUT2D eigenvalue weighted by molar-refractivity contribution is 6.99. The Morgan fingerprint density at radius 3 is 1.20 bits per heavy atom. The van der Waals surface area contributed by atoms with Crippen molar-refractivity contribution in [1.29, 1.82) is 0 Å². The Balaban J connectivity index is 1.50. The highest BCUT2D eigenvalue weighted by atomic mass is 28.3. The maximum atomic E-state index is 5.38. The minimum Gasteiger partial charge on any atom is -0.237 e. The average molecular weight is 611 g/mol. The fourth-order valence-corrected chi connectivity index (χ4v) is 7.48. The first-order chi connectivity index (χ1) is 21.3. The van der Waals surface area contributed by atoms with E-state index >= 15 is 0 Å². The van der Waals surface area contributed by atoms with Gasteiger partial charge >= 0.3 is 0 Å². The largest absolute Gasteiger partial charge is 0.237 e. The zero-order valence-corrected chi connectivity index (χ0v) is 28.6. The molecule has 228 valence electrons. The van der Waals surface area contributed by atoms with Crippen LogP contribution in [0, 0.1) is 0 Å². The summed E-state index contributed by atoms with van der Waals surface area (Å²) in [6.07, 6.45) is 4.06. The van der Waals surface area contributed by atoms with Crippen molar-refractivity contribution in [2.75, 3.05) is 0 Å². The molecule has 0 fully saturated rings. The summed E-state index contributed by atoms with van der Waals surface area (Å²) in [6.45, 7) is 17.8. The minimum atomic E-state index is -2.40. The lowest BCUT2D eigenvalue weighted by Crippen LogP contribution is -2.56. The van der Waals surface area contributed by atoms with Gasteiger partial charge in [-0.2, -0.15) is 10.2 Å². The summed E-state index contributed by atoms with van der Waals surface area (Å²) >= 11 is 0. The molecule has 0 atom stereocenters. The van der Waals surface area contributed by atoms with E-state index in [1.165, 1.54) is 0 Å². The van der Waals surface area contributed by atoms with Crippen molar-refractivity contribution in [3.8, 4) is 33.9 Å². The van der Waals surface area contributed by atoms with Crippen molar-refractivity contribution in [3.05, 3.63) is 121 Å². The Labute approximate surface area is 267 Å². The predicted molar refractivity (Wildman–Crippen MR) is 188 cm³/mol. The number of benzene rings is 2. The van der Waals surface area contributed by atoms with Crippen molar-refractivity contribution >= 4 is 18.7 Å². The third-order valence-corrected chi connectivity index (χ3v) is 11.5. The smallest absolute Gasteiger partial charge is 0.161 e. The molecule has 0 saturated carbocycles. The molecule has 2 aromatic carbocycles. The van der Waals surface area contributed by atoms with Gasteiger partial charge in [0, 0.05) is 45.0 Å². The Hall–Kier alpha value is -4.62. The molecule has 4 heterocycles. The summed E-state index contributed by atoms with van der Waals surface area (Å²) in [5, 5.41) is 12.1. The van der Waals surface area contributed by atoms with Gasteiger partial charge in [0.05, 0.1) is 11.4 Å². The quantitative estimate of drug-likeness (QED) is 0.182. The molecular formula is C38H42N6Si. The fraction of sp³-hybridized carbons (Fsp3) is 0.263. The molecule has 0 bridgehead atoms. The van der Waals surface area contributed by atoms with Crippen LogP contribution in [0.1, 0.15) is 52.9 Å². The van der Waals surface area contributed by atoms with Gasteiger partial charge in [-0.1, -0.05) is 115 Å². The van der Waals surface area contributed by atoms with Gasteiger partial charge in [-0.25, -0.2) is 19.3 Å². The van der Waals surface area contributed by atoms with Crippen molar-refractivity contribution in [2.24, 2.45) is 0 Å². The lowest BCUT2D eigenvalue weighted by molar-refractivity contribution is 0.559. The molecule has 6 aromatic rings. The molecule has 0 amide bonds. The molecule has 6 rings (SSSR count). The summed E-state index contributed by atoms with van der Waals surface area (Å²) in [4.78, 5) is 10.8. The SMILES string of the molecule is CC(C)(C)c1ccn(-c2nc([Si](C)(C)c3ccc(-c4ccccc4)c(-n4ccc(C(C)(C)C)n4)n3)ccc2-c2ccccc2)n1. The first-order valence-corrected chi connectivity index (χ1v) is 18.6. The van der Waals surface area contributed by atoms with E-state index in [0.717, 1.165) is 55.9 Å². The van der Waals surface area contributed by atoms with Crippen molar-refractivity contribution < 1.29 is 0 Å². The van der Waals surface area contributed by atoms with Gasteiger partial charge < -0.3 is 0 Å². The molecule has 0 aliphatic carbocycles. The predicted octanol–water partition coefficient (Wildman–Crippen LogP) is 7.60. The summed E-state index contributed by atoms with van der Waals surface area (Å²) in [6, 6.07) is 33.8. The molecule has 0 saturated heterocycles. The molecule has 6 nitrogen and oxygen atoms in total. The molecule has 0 aliphatic heterocycles. The molecule has 0 spiro atoms. The molecule has 45 heavy (non-hydrogen) atoms. The van der Waals surface area contributed by atoms with Crippen LogP contribution in [0.2, 0.25) is 13.1 Å². The number of nitrogens with zero attached hydrogens (tertiary/aromatic N) is 6. The number of aromatic nitrogens is 6. The zero-order valence-electron chi connectivity index (χ0n) is 27.6. The number of pyridine rings is 2. The Morgan fingerprint density at radius 1 is 0.489 bits per heavy atom. The lowest BCUT2D eigenvalue weighted by Gasteiger charge is -2.24. The molecule has 0 radical (unpaired) electrons. The summed E-state index contributed by atoms with van der Waals surface area (Å²) in [5.74, 6) is 1.66. The number of rotatable bonds is 6. The van der Waals surface area contributed by atoms with E-state index in [9.17, 15) is 0 Å². The van der Waals surface area contributed by atoms with Gasteiger partial charge in [0.15, 0.2) is 19.7 Å². The fourth-order valence-electron chi connectivity index (χ4n) is 5.44. The van der Waals surface area contributed by atoms with E-state index in [1.54, 1.807) is 0 Å². The summed E-state index contributed by atoms with van der Waals surface area (Å²) in [7, 11) is -2.40. The molecule has 4 aromatic heterocycles. The van der Waals surface area contributed by atoms with Gasteiger partial charge in [-0.15, -0.1) is 0 Å². The van der Waals surface area contributed by atoms with Crippen LogP contribution >= 0.6 is 0 Å². The van der Waals surface area contributed by atoms with Crippen molar-refractivity contribution in [1.82, 2.24) is 29.5 Å². The molecule has 0 aliphatic rings. The maximum Gasteiger partial charge on any atom is 0.161 e. The average Bonchev–Trinajstić information content (AvgIpc) is 3.73. The highest BCUT2D eigenvalue weighted by Gasteiger charge is 2.32. The van der Waals surface area contributed by atoms with Gasteiger partial charge in [0.25, 0.3) is 0 Å². The monoisotopic (exact) mass is 610 g/mol. The molecule has 0 N–H and O–H groups in total. The van der Waals surface area contributed by atoms with Crippen LogP contribution in [-0.2, 0) is 10.8 Å². The van der Waals surface area contributed by atoms with Crippen molar-refractivity contribution in [2.45, 2.75) is 65.5 Å². The van der Waals surface area contributed by atoms with E-state index in [1.807, 2.05) is 33.9 Å². The molecule has 7 heteroatoms. The summed E-state index contributed by atoms with van der Waals surface area (Å²) in [5.41, 5.74) is 6.25. The Kier molecular flexibility index (Phi) is 7.69. The van der Waals surface area contributed by atoms with Crippen LogP contribution in [0.15, 0.2) is 109 Å². The first-order valence-electron chi connectivity index (χ1n) is 15.6. The minimum absolute atomic E-state index is 0.0655. The topological polar surface area (TPSA) is 61.4 Å². The molecular weight excluding hydrogens is 569 g/mol. The van der Waals surface area contributed by atoms with Crippen LogP contribution < -0.4 is 10.6 Å². The second-order valence-corrected chi connectivity index (χ2v) is 18.6. The maximum absolute atomic E-state index is 5.38. The van der Waals surface area contributed by atoms with Crippen LogP contribution in [0.3, 0.4) is 0 Å². The second-order valence-electron chi connectivity index (χ2n) is 14.3. The number of hydrogen-bond acceptors (Lipinski definition) is 4. The van der Waals surface area contributed by atoms with E-state index in [2.05, 4.69) is 140 Å². The summed E-state index contributed by atoms with van der Waals surface area (Å²) < 4.78 is 3.87. The first kappa shape index (κ1) is 30.4. The van der Waals surface area contributed by atoms with Gasteiger partial charge in [0.1, 0.15) is 0 Å². The lowest BCUT2D eigenvalue weighted by atomic mass is 9.93. The second kappa shape index (κ2) is 11.4. The number of hydrogen-bond donors (Lipinski definition) is 0. The zero-order chi connectivity index (χ0) is 32.0. The van der Waals surface area contributed by atoms with Crippen LogP contribution in [0.5, 0.6) is 0 Å². The van der Waals surface area contributed by atoms with Gasteiger partial charge in [0.2, 0.25) is 0 Å². The van der Waals surface area contributed by atoms with Crippen molar-refractivity contribution in [3.63, 3.8) is 0 Å². The normalized spacial score (nSPS) is 12.4. The Morgan fingerprint density at radius 2 is 0.867 bits per heavy atom. The standard InChI is InChI=1S/C38H42N6Si/c1-37(2,3)31-23-25-43(41-31)35-29(27-15-11-9-12-16-27)19-21-33(39-35)45(7,8)34-22-20-30(28-17-13-10-14-18-28)36(40-34)44-26-24-32(42-44)38(4,5)6/h9-26H,1-8H3. The van der Waals surface area contributed by atoms with Crippen LogP contribution in [0.4, 0.5) is 0 Å². The third kappa shape index (κ3) is 6.05. The Bertz CT molecular complexity index is 1800. The highest BCUT2D eigenvalue weighted by Crippen LogP contribution is 2.29. The van der Waals surface area contributed by atoms with E-state index in [4.69, 9.17) is 20.2 Å². The van der Waals surface area contributed by atoms with Gasteiger partial charge in [-0.05, 0) is 47.5 Å². The molecule has 0 unspecified atom stereocenters. The van der Waals surface area contributed by atoms with Crippen LogP contribution in [0.25, 0.3) is 33.9 Å². The van der Waals surface area contributed by atoms with Crippen LogP contribution in [-0.4, -0.2) is 37.6 Å². The van der Waals surface area contributed by atoms with Gasteiger partial charge in [-0.3, -0.25) is 0 Å².